The molecule has 0 aliphatic rings. The van der Waals surface area contributed by atoms with Gasteiger partial charge in [-0.25, -0.2) is 4.98 Å². The molecule has 0 spiro atoms. The van der Waals surface area contributed by atoms with Gasteiger partial charge in [0.15, 0.2) is 5.11 Å². The fourth-order valence-electron chi connectivity index (χ4n) is 1.76. The fraction of sp³-hybridized carbons (Fsp3) is 0.133. The van der Waals surface area contributed by atoms with Gasteiger partial charge in [0.2, 0.25) is 0 Å². The minimum atomic E-state index is 0.438. The fourth-order valence-corrected chi connectivity index (χ4v) is 2.28. The Bertz CT molecular complexity index is 685. The van der Waals surface area contributed by atoms with Crippen LogP contribution < -0.4 is 10.7 Å². The van der Waals surface area contributed by atoms with E-state index in [1.807, 2.05) is 37.3 Å². The third-order valence-electron chi connectivity index (χ3n) is 2.73. The minimum Gasteiger partial charge on any atom is -0.331 e. The van der Waals surface area contributed by atoms with E-state index < -0.39 is 0 Å². The number of benzene rings is 1. The first kappa shape index (κ1) is 15.6. The first-order valence-electron chi connectivity index (χ1n) is 6.34. The van der Waals surface area contributed by atoms with Crippen LogP contribution in [0.1, 0.15) is 16.8 Å². The summed E-state index contributed by atoms with van der Waals surface area (Å²) in [5.41, 5.74) is 6.84. The van der Waals surface area contributed by atoms with Crippen LogP contribution in [-0.4, -0.2) is 16.3 Å². The van der Waals surface area contributed by atoms with Gasteiger partial charge < -0.3 is 5.32 Å². The zero-order valence-electron chi connectivity index (χ0n) is 11.7. The molecule has 0 aliphatic carbocycles. The van der Waals surface area contributed by atoms with Crippen molar-refractivity contribution in [2.24, 2.45) is 5.10 Å². The molecule has 0 saturated carbocycles. The summed E-state index contributed by atoms with van der Waals surface area (Å²) >= 11 is 8.51. The highest BCUT2D eigenvalue weighted by Crippen LogP contribution is 2.15. The summed E-state index contributed by atoms with van der Waals surface area (Å²) in [5.74, 6) is 0. The second kappa shape index (κ2) is 7.28. The summed E-state index contributed by atoms with van der Waals surface area (Å²) in [7, 11) is 0. The van der Waals surface area contributed by atoms with E-state index in [9.17, 15) is 0 Å². The Morgan fingerprint density at radius 3 is 2.81 bits per heavy atom. The van der Waals surface area contributed by atoms with Gasteiger partial charge in [-0.15, -0.1) is 0 Å². The normalized spacial score (nSPS) is 10.6. The molecule has 0 radical (unpaired) electrons. The highest BCUT2D eigenvalue weighted by molar-refractivity contribution is 9.10. The molecular formula is C15H15BrN4S. The Hall–Kier alpha value is -1.79. The smallest absolute Gasteiger partial charge is 0.191 e. The molecule has 0 atom stereocenters. The van der Waals surface area contributed by atoms with Crippen molar-refractivity contribution in [3.05, 3.63) is 57.8 Å². The van der Waals surface area contributed by atoms with Gasteiger partial charge in [-0.1, -0.05) is 23.8 Å². The molecular weight excluding hydrogens is 348 g/mol. The second-order valence-corrected chi connectivity index (χ2v) is 5.75. The number of anilines is 1. The van der Waals surface area contributed by atoms with Gasteiger partial charge in [0.25, 0.3) is 0 Å². The highest BCUT2D eigenvalue weighted by Gasteiger charge is 2.00. The standard InChI is InChI=1S/C15H15BrN4S/c1-10-6-7-13(11(2)8-10)19-15(21)20-17-9-12-4-3-5-14(16)18-12/h3-9H,1-2H3,(H2,19,20,21)/b17-9-. The number of aryl methyl sites for hydroxylation is 2. The van der Waals surface area contributed by atoms with Crippen molar-refractivity contribution in [3.8, 4) is 0 Å². The summed E-state index contributed by atoms with van der Waals surface area (Å²) in [6.45, 7) is 4.09. The van der Waals surface area contributed by atoms with E-state index in [0.717, 1.165) is 21.5 Å². The quantitative estimate of drug-likeness (QED) is 0.377. The van der Waals surface area contributed by atoms with E-state index in [1.165, 1.54) is 5.56 Å². The first-order valence-corrected chi connectivity index (χ1v) is 7.54. The summed E-state index contributed by atoms with van der Waals surface area (Å²) < 4.78 is 0.766. The molecule has 1 aromatic heterocycles. The van der Waals surface area contributed by atoms with E-state index in [4.69, 9.17) is 12.2 Å². The lowest BCUT2D eigenvalue weighted by Crippen LogP contribution is -2.24. The lowest BCUT2D eigenvalue weighted by molar-refractivity contribution is 1.05. The van der Waals surface area contributed by atoms with Gasteiger partial charge in [0.05, 0.1) is 11.9 Å². The third kappa shape index (κ3) is 4.91. The Balaban J connectivity index is 1.93. The largest absolute Gasteiger partial charge is 0.331 e. The molecule has 0 amide bonds. The van der Waals surface area contributed by atoms with Crippen LogP contribution >= 0.6 is 28.1 Å². The van der Waals surface area contributed by atoms with Crippen LogP contribution in [0.3, 0.4) is 0 Å². The summed E-state index contributed by atoms with van der Waals surface area (Å²) in [5, 5.41) is 7.61. The molecule has 108 valence electrons. The van der Waals surface area contributed by atoms with Gasteiger partial charge >= 0.3 is 0 Å². The van der Waals surface area contributed by atoms with Crippen molar-refractivity contribution in [3.63, 3.8) is 0 Å². The molecule has 1 heterocycles. The maximum absolute atomic E-state index is 5.20. The molecule has 1 aromatic carbocycles. The maximum Gasteiger partial charge on any atom is 0.191 e. The SMILES string of the molecule is Cc1ccc(NC(=S)N/N=C\c2cccc(Br)n2)c(C)c1. The molecule has 0 aliphatic heterocycles. The number of hydrogen-bond acceptors (Lipinski definition) is 3. The molecule has 0 fully saturated rings. The molecule has 21 heavy (non-hydrogen) atoms. The van der Waals surface area contributed by atoms with Crippen molar-refractivity contribution < 1.29 is 0 Å². The highest BCUT2D eigenvalue weighted by atomic mass is 79.9. The van der Waals surface area contributed by atoms with Crippen LogP contribution in [0.15, 0.2) is 46.1 Å². The van der Waals surface area contributed by atoms with Crippen LogP contribution in [0.4, 0.5) is 5.69 Å². The predicted molar refractivity (Wildman–Crippen MR) is 94.8 cm³/mol. The Morgan fingerprint density at radius 2 is 2.10 bits per heavy atom. The number of thiocarbonyl (C=S) groups is 1. The molecule has 2 aromatic rings. The van der Waals surface area contributed by atoms with Crippen molar-refractivity contribution >= 4 is 45.2 Å². The predicted octanol–water partition coefficient (Wildman–Crippen LogP) is 3.78. The van der Waals surface area contributed by atoms with Crippen molar-refractivity contribution in [1.29, 1.82) is 0 Å². The number of pyridine rings is 1. The number of hydrazone groups is 1. The van der Waals surface area contributed by atoms with Gasteiger partial charge in [-0.05, 0) is 65.8 Å². The Labute approximate surface area is 137 Å². The minimum absolute atomic E-state index is 0.438. The number of hydrogen-bond donors (Lipinski definition) is 2. The Kier molecular flexibility index (Phi) is 5.41. The summed E-state index contributed by atoms with van der Waals surface area (Å²) in [6.07, 6.45) is 1.61. The van der Waals surface area contributed by atoms with Gasteiger partial charge in [0, 0.05) is 5.69 Å². The molecule has 2 N–H and O–H groups in total. The lowest BCUT2D eigenvalue weighted by Gasteiger charge is -2.10. The lowest BCUT2D eigenvalue weighted by atomic mass is 10.1. The number of nitrogens with one attached hydrogen (secondary N) is 2. The van der Waals surface area contributed by atoms with Crippen LogP contribution in [-0.2, 0) is 0 Å². The van der Waals surface area contributed by atoms with Gasteiger partial charge in [-0.2, -0.15) is 5.10 Å². The monoisotopic (exact) mass is 362 g/mol. The van der Waals surface area contributed by atoms with Crippen molar-refractivity contribution in [1.82, 2.24) is 10.4 Å². The Morgan fingerprint density at radius 1 is 1.29 bits per heavy atom. The van der Waals surface area contributed by atoms with Crippen molar-refractivity contribution in [2.75, 3.05) is 5.32 Å². The topological polar surface area (TPSA) is 49.3 Å². The van der Waals surface area contributed by atoms with Crippen LogP contribution in [0.2, 0.25) is 0 Å². The molecule has 2 rings (SSSR count). The van der Waals surface area contributed by atoms with Gasteiger partial charge in [-0.3, -0.25) is 5.43 Å². The first-order chi connectivity index (χ1) is 10.0. The third-order valence-corrected chi connectivity index (χ3v) is 3.36. The second-order valence-electron chi connectivity index (χ2n) is 4.53. The molecule has 0 bridgehead atoms. The molecule has 0 unspecified atom stereocenters. The van der Waals surface area contributed by atoms with Gasteiger partial charge in [0.1, 0.15) is 4.60 Å². The average molecular weight is 363 g/mol. The summed E-state index contributed by atoms with van der Waals surface area (Å²) in [6, 6.07) is 11.7. The van der Waals surface area contributed by atoms with E-state index in [2.05, 4.69) is 49.7 Å². The van der Waals surface area contributed by atoms with Crippen LogP contribution in [0.5, 0.6) is 0 Å². The van der Waals surface area contributed by atoms with Crippen LogP contribution in [0, 0.1) is 13.8 Å². The van der Waals surface area contributed by atoms with E-state index in [1.54, 1.807) is 6.21 Å². The van der Waals surface area contributed by atoms with E-state index >= 15 is 0 Å². The summed E-state index contributed by atoms with van der Waals surface area (Å²) in [4.78, 5) is 4.24. The zero-order chi connectivity index (χ0) is 15.2. The molecule has 0 saturated heterocycles. The number of rotatable bonds is 3. The van der Waals surface area contributed by atoms with Crippen LogP contribution in [0.25, 0.3) is 0 Å². The zero-order valence-corrected chi connectivity index (χ0v) is 14.1. The van der Waals surface area contributed by atoms with E-state index in [0.29, 0.717) is 5.11 Å². The molecule has 6 heteroatoms. The average Bonchev–Trinajstić information content (AvgIpc) is 2.42. The maximum atomic E-state index is 5.20. The number of nitrogens with zero attached hydrogens (tertiary/aromatic N) is 2. The van der Waals surface area contributed by atoms with E-state index in [-0.39, 0.29) is 0 Å². The van der Waals surface area contributed by atoms with Crippen molar-refractivity contribution in [2.45, 2.75) is 13.8 Å². The number of aromatic nitrogens is 1. The number of halogens is 1. The molecule has 4 nitrogen and oxygen atoms in total.